The summed E-state index contributed by atoms with van der Waals surface area (Å²) in [6.45, 7) is 0.640. The van der Waals surface area contributed by atoms with Crippen molar-refractivity contribution in [3.63, 3.8) is 0 Å². The summed E-state index contributed by atoms with van der Waals surface area (Å²) in [5, 5.41) is 0. The molecule has 1 rings (SSSR count). The molecule has 0 aliphatic heterocycles. The van der Waals surface area contributed by atoms with Crippen LogP contribution < -0.4 is 5.73 Å². The summed E-state index contributed by atoms with van der Waals surface area (Å²) in [5.41, 5.74) is 6.54. The summed E-state index contributed by atoms with van der Waals surface area (Å²) in [6.07, 6.45) is 0. The predicted molar refractivity (Wildman–Crippen MR) is 34.3 cm³/mol. The molecule has 0 spiro atoms. The number of hydrogen-bond acceptors (Lipinski definition) is 1. The van der Waals surface area contributed by atoms with Crippen molar-refractivity contribution in [2.45, 2.75) is 6.54 Å². The van der Waals surface area contributed by atoms with E-state index in [2.05, 4.69) is 0 Å². The first-order valence-electron chi connectivity index (χ1n) is 2.67. The van der Waals surface area contributed by atoms with Gasteiger partial charge in [0.1, 0.15) is 0 Å². The highest BCUT2D eigenvalue weighted by atomic mass is 15.2. The largest absolute Gasteiger partial charge is 0.326 e. The van der Waals surface area contributed by atoms with Crippen LogP contribution in [0, 0.1) is 0 Å². The van der Waals surface area contributed by atoms with Gasteiger partial charge in [-0.05, 0) is 5.56 Å². The average molecular weight is 109 g/mol. The van der Waals surface area contributed by atoms with Crippen LogP contribution in [0.15, 0.2) is 30.3 Å². The maximum Gasteiger partial charge on any atom is 0.0178 e. The molecule has 0 unspecified atom stereocenters. The Balaban J connectivity index is 2.83. The summed E-state index contributed by atoms with van der Waals surface area (Å²) in [7, 11) is 0. The van der Waals surface area contributed by atoms with Gasteiger partial charge in [-0.3, -0.25) is 0 Å². The number of nitrogens with two attached hydrogens (primary N) is 1. The molecule has 0 saturated carbocycles. The van der Waals surface area contributed by atoms with Crippen molar-refractivity contribution in [3.8, 4) is 0 Å². The third-order valence-electron chi connectivity index (χ3n) is 1.08. The lowest BCUT2D eigenvalue weighted by molar-refractivity contribution is 1.07. The van der Waals surface area contributed by atoms with Crippen LogP contribution in [-0.2, 0) is 6.54 Å². The first-order valence-corrected chi connectivity index (χ1v) is 2.67. The van der Waals surface area contributed by atoms with Crippen LogP contribution in [0.2, 0.25) is 0 Å². The van der Waals surface area contributed by atoms with E-state index in [1.165, 1.54) is 5.56 Å². The van der Waals surface area contributed by atoms with Crippen LogP contribution >= 0.6 is 0 Å². The molecular formula is C7H9N. The third-order valence-corrected chi connectivity index (χ3v) is 1.08. The van der Waals surface area contributed by atoms with E-state index < -0.39 is 0 Å². The van der Waals surface area contributed by atoms with Crippen LogP contribution in [-0.4, -0.2) is 0 Å². The zero-order chi connectivity index (χ0) is 5.82. The summed E-state index contributed by atoms with van der Waals surface area (Å²) in [4.78, 5) is 0. The lowest BCUT2D eigenvalue weighted by Crippen LogP contribution is -1.94. The molecule has 0 saturated heterocycles. The topological polar surface area (TPSA) is 26.0 Å². The fraction of sp³-hybridized carbons (Fsp3) is 0.143. The van der Waals surface area contributed by atoms with Crippen molar-refractivity contribution in [2.75, 3.05) is 0 Å². The SMILES string of the molecule is N[14CH2]c1ccccc1. The summed E-state index contributed by atoms with van der Waals surface area (Å²) >= 11 is 0. The Morgan fingerprint density at radius 1 is 1.12 bits per heavy atom. The van der Waals surface area contributed by atoms with E-state index in [0.717, 1.165) is 0 Å². The first-order chi connectivity index (χ1) is 3.93. The second-order valence-electron chi connectivity index (χ2n) is 1.69. The van der Waals surface area contributed by atoms with Crippen LogP contribution in [0.4, 0.5) is 0 Å². The zero-order valence-corrected chi connectivity index (χ0v) is 4.67. The van der Waals surface area contributed by atoms with E-state index >= 15 is 0 Å². The van der Waals surface area contributed by atoms with Crippen molar-refractivity contribution in [1.29, 1.82) is 0 Å². The molecule has 8 heavy (non-hydrogen) atoms. The summed E-state index contributed by atoms with van der Waals surface area (Å²) in [6, 6.07) is 9.99. The minimum atomic E-state index is 0.640. The maximum absolute atomic E-state index is 5.35. The molecule has 0 radical (unpaired) electrons. The Kier molecular flexibility index (Phi) is 1.65. The van der Waals surface area contributed by atoms with Gasteiger partial charge in [-0.15, -0.1) is 0 Å². The van der Waals surface area contributed by atoms with Gasteiger partial charge in [0.05, 0.1) is 0 Å². The molecule has 0 aromatic heterocycles. The van der Waals surface area contributed by atoms with E-state index in [0.29, 0.717) is 6.54 Å². The first kappa shape index (κ1) is 5.32. The van der Waals surface area contributed by atoms with Crippen LogP contribution in [0.1, 0.15) is 5.56 Å². The summed E-state index contributed by atoms with van der Waals surface area (Å²) in [5.74, 6) is 0. The molecule has 0 atom stereocenters. The molecule has 0 aliphatic rings. The molecule has 0 amide bonds. The number of hydrogen-bond donors (Lipinski definition) is 1. The van der Waals surface area contributed by atoms with Gasteiger partial charge in [0.25, 0.3) is 0 Å². The highest BCUT2D eigenvalue weighted by Gasteiger charge is 1.80. The second-order valence-corrected chi connectivity index (χ2v) is 1.69. The molecular weight excluding hydrogens is 100 g/mol. The van der Waals surface area contributed by atoms with E-state index in [-0.39, 0.29) is 0 Å². The average Bonchev–Trinajstić information content (AvgIpc) is 1.90. The molecule has 0 aliphatic carbocycles. The van der Waals surface area contributed by atoms with Crippen LogP contribution in [0.3, 0.4) is 0 Å². The van der Waals surface area contributed by atoms with E-state index in [1.807, 2.05) is 30.3 Å². The Morgan fingerprint density at radius 2 is 1.75 bits per heavy atom. The molecule has 42 valence electrons. The third kappa shape index (κ3) is 1.07. The van der Waals surface area contributed by atoms with Crippen molar-refractivity contribution >= 4 is 0 Å². The molecule has 0 heterocycles. The number of rotatable bonds is 1. The van der Waals surface area contributed by atoms with E-state index in [9.17, 15) is 0 Å². The van der Waals surface area contributed by atoms with Crippen molar-refractivity contribution < 1.29 is 0 Å². The molecule has 1 aromatic rings. The highest BCUT2D eigenvalue weighted by Crippen LogP contribution is 1.94. The second kappa shape index (κ2) is 2.48. The van der Waals surface area contributed by atoms with Crippen LogP contribution in [0.25, 0.3) is 0 Å². The summed E-state index contributed by atoms with van der Waals surface area (Å²) < 4.78 is 0. The Bertz CT molecular complexity index is 146. The normalized spacial score (nSPS) is 9.12. The molecule has 2 N–H and O–H groups in total. The van der Waals surface area contributed by atoms with E-state index in [4.69, 9.17) is 5.73 Å². The smallest absolute Gasteiger partial charge is 0.0178 e. The fourth-order valence-electron chi connectivity index (χ4n) is 0.614. The van der Waals surface area contributed by atoms with Gasteiger partial charge >= 0.3 is 0 Å². The van der Waals surface area contributed by atoms with Gasteiger partial charge in [-0.1, -0.05) is 30.3 Å². The van der Waals surface area contributed by atoms with Gasteiger partial charge in [-0.25, -0.2) is 0 Å². The molecule has 1 nitrogen and oxygen atoms in total. The lowest BCUT2D eigenvalue weighted by atomic mass is 10.3. The number of benzene rings is 1. The Morgan fingerprint density at radius 3 is 2.12 bits per heavy atom. The van der Waals surface area contributed by atoms with Crippen LogP contribution in [0.5, 0.6) is 0 Å². The fourth-order valence-corrected chi connectivity index (χ4v) is 0.614. The molecule has 1 aromatic carbocycles. The molecule has 1 heteroatoms. The Labute approximate surface area is 49.1 Å². The maximum atomic E-state index is 5.35. The molecule has 0 fully saturated rings. The van der Waals surface area contributed by atoms with Gasteiger partial charge < -0.3 is 5.73 Å². The zero-order valence-electron chi connectivity index (χ0n) is 4.67. The van der Waals surface area contributed by atoms with E-state index in [1.54, 1.807) is 0 Å². The van der Waals surface area contributed by atoms with Gasteiger partial charge in [0, 0.05) is 6.54 Å². The van der Waals surface area contributed by atoms with Gasteiger partial charge in [0.15, 0.2) is 0 Å². The Hall–Kier alpha value is -0.820. The van der Waals surface area contributed by atoms with Crippen molar-refractivity contribution in [1.82, 2.24) is 0 Å². The predicted octanol–water partition coefficient (Wildman–Crippen LogP) is 1.15. The monoisotopic (exact) mass is 109 g/mol. The minimum Gasteiger partial charge on any atom is -0.326 e. The molecule has 0 bridgehead atoms. The van der Waals surface area contributed by atoms with Gasteiger partial charge in [0.2, 0.25) is 0 Å². The standard InChI is InChI=1S/C7H9N/c8-6-7-4-2-1-3-5-7/h1-5H,6,8H2/i6+2. The van der Waals surface area contributed by atoms with Crippen molar-refractivity contribution in [2.24, 2.45) is 5.73 Å². The highest BCUT2D eigenvalue weighted by molar-refractivity contribution is 5.13. The minimum absolute atomic E-state index is 0.640. The lowest BCUT2D eigenvalue weighted by Gasteiger charge is -1.90. The quantitative estimate of drug-likeness (QED) is 0.575. The van der Waals surface area contributed by atoms with Crippen molar-refractivity contribution in [3.05, 3.63) is 35.9 Å². The van der Waals surface area contributed by atoms with Gasteiger partial charge in [-0.2, -0.15) is 0 Å².